The zero-order valence-corrected chi connectivity index (χ0v) is 23.5. The van der Waals surface area contributed by atoms with Crippen LogP contribution in [0.2, 0.25) is 10.0 Å². The lowest BCUT2D eigenvalue weighted by atomic mass is 10.1. The molecular weight excluding hydrogens is 543 g/mol. The SMILES string of the molecule is CC[C@H](C)NC(=O)[C@H](C)N(Cc1ccc(Cl)c(Cl)c1)C(=O)CN(c1cc([N+](=O)[O-])ccc1C)S(C)(=O)=O. The molecule has 13 heteroatoms. The van der Waals surface area contributed by atoms with Gasteiger partial charge in [0.25, 0.3) is 5.69 Å². The molecule has 0 heterocycles. The number of rotatable bonds is 11. The van der Waals surface area contributed by atoms with E-state index in [2.05, 4.69) is 5.32 Å². The molecule has 202 valence electrons. The molecule has 2 rings (SSSR count). The Kier molecular flexibility index (Phi) is 10.3. The third-order valence-electron chi connectivity index (χ3n) is 5.86. The van der Waals surface area contributed by atoms with Crippen molar-refractivity contribution in [1.82, 2.24) is 10.2 Å². The van der Waals surface area contributed by atoms with Crippen molar-refractivity contribution in [2.24, 2.45) is 0 Å². The van der Waals surface area contributed by atoms with Crippen LogP contribution in [0.1, 0.15) is 38.3 Å². The van der Waals surface area contributed by atoms with Crippen molar-refractivity contribution in [2.75, 3.05) is 17.1 Å². The van der Waals surface area contributed by atoms with Gasteiger partial charge in [-0.1, -0.05) is 42.3 Å². The van der Waals surface area contributed by atoms with Crippen LogP contribution < -0.4 is 9.62 Å². The molecule has 0 saturated carbocycles. The third-order valence-corrected chi connectivity index (χ3v) is 7.72. The summed E-state index contributed by atoms with van der Waals surface area (Å²) in [6, 6.07) is 7.41. The van der Waals surface area contributed by atoms with Crippen LogP contribution in [0, 0.1) is 17.0 Å². The lowest BCUT2D eigenvalue weighted by molar-refractivity contribution is -0.384. The van der Waals surface area contributed by atoms with Gasteiger partial charge in [-0.25, -0.2) is 8.42 Å². The molecule has 0 aliphatic carbocycles. The average Bonchev–Trinajstić information content (AvgIpc) is 2.82. The van der Waals surface area contributed by atoms with Crippen molar-refractivity contribution in [3.8, 4) is 0 Å². The molecule has 0 fully saturated rings. The first-order valence-electron chi connectivity index (χ1n) is 11.4. The molecule has 2 atom stereocenters. The minimum Gasteiger partial charge on any atom is -0.352 e. The van der Waals surface area contributed by atoms with Crippen LogP contribution in [0.15, 0.2) is 36.4 Å². The molecule has 0 radical (unpaired) electrons. The molecule has 2 amide bonds. The van der Waals surface area contributed by atoms with E-state index in [1.807, 2.05) is 13.8 Å². The Bertz CT molecular complexity index is 1290. The molecular formula is C24H30Cl2N4O6S. The quantitative estimate of drug-likeness (QED) is 0.315. The van der Waals surface area contributed by atoms with Gasteiger partial charge in [0.2, 0.25) is 21.8 Å². The Morgan fingerprint density at radius 2 is 1.76 bits per heavy atom. The van der Waals surface area contributed by atoms with Crippen molar-refractivity contribution in [3.63, 3.8) is 0 Å². The number of anilines is 1. The molecule has 1 N–H and O–H groups in total. The number of hydrogen-bond donors (Lipinski definition) is 1. The van der Waals surface area contributed by atoms with Crippen molar-refractivity contribution in [1.29, 1.82) is 0 Å². The van der Waals surface area contributed by atoms with Gasteiger partial charge in [0, 0.05) is 24.7 Å². The van der Waals surface area contributed by atoms with Gasteiger partial charge in [0.1, 0.15) is 12.6 Å². The normalized spacial score (nSPS) is 12.9. The summed E-state index contributed by atoms with van der Waals surface area (Å²) < 4.78 is 26.3. The highest BCUT2D eigenvalue weighted by molar-refractivity contribution is 7.92. The zero-order chi connectivity index (χ0) is 28.1. The van der Waals surface area contributed by atoms with E-state index in [4.69, 9.17) is 23.2 Å². The van der Waals surface area contributed by atoms with E-state index in [-0.39, 0.29) is 29.0 Å². The Labute approximate surface area is 226 Å². The maximum Gasteiger partial charge on any atom is 0.271 e. The number of nitrogens with one attached hydrogen (secondary N) is 1. The minimum absolute atomic E-state index is 0.00347. The number of nitrogens with zero attached hydrogens (tertiary/aromatic N) is 3. The standard InChI is InChI=1S/C24H30Cl2N4O6S/c1-6-16(3)27-24(32)17(4)28(13-18-8-10-20(25)21(26)11-18)23(31)14-29(37(5,35)36)22-12-19(30(33)34)9-7-15(22)2/h7-12,16-17H,6,13-14H2,1-5H3,(H,27,32)/t16-,17-/m0/s1. The number of carbonyl (C=O) groups is 2. The van der Waals surface area contributed by atoms with Gasteiger partial charge in [0.15, 0.2) is 0 Å². The summed E-state index contributed by atoms with van der Waals surface area (Å²) in [5.41, 5.74) is 0.665. The second-order valence-electron chi connectivity index (χ2n) is 8.76. The fourth-order valence-electron chi connectivity index (χ4n) is 3.46. The maximum atomic E-state index is 13.6. The number of carbonyl (C=O) groups excluding carboxylic acids is 2. The van der Waals surface area contributed by atoms with Crippen LogP contribution in [0.4, 0.5) is 11.4 Å². The monoisotopic (exact) mass is 572 g/mol. The molecule has 37 heavy (non-hydrogen) atoms. The van der Waals surface area contributed by atoms with E-state index in [0.717, 1.165) is 16.6 Å². The topological polar surface area (TPSA) is 130 Å². The van der Waals surface area contributed by atoms with E-state index < -0.39 is 39.3 Å². The van der Waals surface area contributed by atoms with Gasteiger partial charge >= 0.3 is 0 Å². The highest BCUT2D eigenvalue weighted by atomic mass is 35.5. The predicted molar refractivity (Wildman–Crippen MR) is 144 cm³/mol. The zero-order valence-electron chi connectivity index (χ0n) is 21.2. The number of amides is 2. The van der Waals surface area contributed by atoms with Gasteiger partial charge in [-0.2, -0.15) is 0 Å². The Morgan fingerprint density at radius 1 is 1.11 bits per heavy atom. The number of sulfonamides is 1. The van der Waals surface area contributed by atoms with Crippen LogP contribution in [0.3, 0.4) is 0 Å². The Morgan fingerprint density at radius 3 is 2.30 bits per heavy atom. The van der Waals surface area contributed by atoms with Crippen LogP contribution in [-0.4, -0.2) is 54.9 Å². The fraction of sp³-hybridized carbons (Fsp3) is 0.417. The second-order valence-corrected chi connectivity index (χ2v) is 11.5. The molecule has 10 nitrogen and oxygen atoms in total. The van der Waals surface area contributed by atoms with Crippen molar-refractivity contribution in [3.05, 3.63) is 67.7 Å². The second kappa shape index (κ2) is 12.6. The molecule has 0 aliphatic rings. The lowest BCUT2D eigenvalue weighted by Crippen LogP contribution is -2.52. The van der Waals surface area contributed by atoms with Gasteiger partial charge in [-0.05, 0) is 50.5 Å². The number of nitro benzene ring substituents is 1. The van der Waals surface area contributed by atoms with E-state index in [9.17, 15) is 28.1 Å². The first-order valence-corrected chi connectivity index (χ1v) is 14.0. The number of benzene rings is 2. The van der Waals surface area contributed by atoms with Crippen LogP contribution in [0.25, 0.3) is 0 Å². The largest absolute Gasteiger partial charge is 0.352 e. The third kappa shape index (κ3) is 8.05. The molecule has 0 aliphatic heterocycles. The molecule has 0 unspecified atom stereocenters. The smallest absolute Gasteiger partial charge is 0.271 e. The summed E-state index contributed by atoms with van der Waals surface area (Å²) in [7, 11) is -4.04. The number of hydrogen-bond acceptors (Lipinski definition) is 6. The number of non-ortho nitro benzene ring substituents is 1. The minimum atomic E-state index is -4.04. The van der Waals surface area contributed by atoms with E-state index in [1.54, 1.807) is 25.1 Å². The summed E-state index contributed by atoms with van der Waals surface area (Å²) in [4.78, 5) is 38.4. The van der Waals surface area contributed by atoms with Crippen molar-refractivity contribution < 1.29 is 22.9 Å². The summed E-state index contributed by atoms with van der Waals surface area (Å²) in [6.07, 6.45) is 1.58. The molecule has 0 spiro atoms. The van der Waals surface area contributed by atoms with Gasteiger partial charge in [0.05, 0.1) is 26.9 Å². The van der Waals surface area contributed by atoms with Crippen molar-refractivity contribution >= 4 is 56.4 Å². The number of halogens is 2. The summed E-state index contributed by atoms with van der Waals surface area (Å²) in [5.74, 6) is -1.10. The molecule has 2 aromatic carbocycles. The highest BCUT2D eigenvalue weighted by Gasteiger charge is 2.31. The van der Waals surface area contributed by atoms with E-state index >= 15 is 0 Å². The van der Waals surface area contributed by atoms with Crippen LogP contribution in [-0.2, 0) is 26.2 Å². The Balaban J connectivity index is 2.50. The average molecular weight is 573 g/mol. The molecule has 0 aromatic heterocycles. The predicted octanol–water partition coefficient (Wildman–Crippen LogP) is 4.31. The summed E-state index contributed by atoms with van der Waals surface area (Å²) in [6.45, 7) is 6.11. The maximum absolute atomic E-state index is 13.6. The van der Waals surface area contributed by atoms with Crippen molar-refractivity contribution in [2.45, 2.75) is 52.7 Å². The van der Waals surface area contributed by atoms with Gasteiger partial charge in [-0.15, -0.1) is 0 Å². The number of aryl methyl sites for hydroxylation is 1. The van der Waals surface area contributed by atoms with Crippen LogP contribution in [0.5, 0.6) is 0 Å². The first-order chi connectivity index (χ1) is 17.1. The van der Waals surface area contributed by atoms with E-state index in [1.165, 1.54) is 24.0 Å². The lowest BCUT2D eigenvalue weighted by Gasteiger charge is -2.32. The highest BCUT2D eigenvalue weighted by Crippen LogP contribution is 2.28. The van der Waals surface area contributed by atoms with Gasteiger partial charge in [-0.3, -0.25) is 24.0 Å². The Hall–Kier alpha value is -2.89. The summed E-state index contributed by atoms with van der Waals surface area (Å²) in [5, 5.41) is 14.7. The number of nitro groups is 1. The van der Waals surface area contributed by atoms with E-state index in [0.29, 0.717) is 22.6 Å². The first kappa shape index (κ1) is 30.3. The fourth-order valence-corrected chi connectivity index (χ4v) is 4.68. The van der Waals surface area contributed by atoms with Crippen LogP contribution >= 0.6 is 23.2 Å². The molecule has 2 aromatic rings. The summed E-state index contributed by atoms with van der Waals surface area (Å²) >= 11 is 12.1. The van der Waals surface area contributed by atoms with Gasteiger partial charge < -0.3 is 10.2 Å². The molecule has 0 saturated heterocycles. The molecule has 0 bridgehead atoms.